The molecule has 1 N–H and O–H groups in total. The lowest BCUT2D eigenvalue weighted by atomic mass is 10.1. The summed E-state index contributed by atoms with van der Waals surface area (Å²) in [6.45, 7) is 5.00. The standard InChI is InChI=1S/C17H25ClN2O/c18-16-6-4-5-14(13-19-15-7-8-15)17(16)21-12-11-20-9-2-1-3-10-20/h4-6,15,19H,1-3,7-13H2. The maximum atomic E-state index is 6.32. The molecule has 0 spiro atoms. The highest BCUT2D eigenvalue weighted by Gasteiger charge is 2.21. The van der Waals surface area contributed by atoms with Gasteiger partial charge in [-0.25, -0.2) is 0 Å². The SMILES string of the molecule is Clc1cccc(CNC2CC2)c1OCCN1CCCCC1. The van der Waals surface area contributed by atoms with E-state index in [9.17, 15) is 0 Å². The first-order chi connectivity index (χ1) is 10.3. The number of likely N-dealkylation sites (tertiary alicyclic amines) is 1. The molecule has 0 unspecified atom stereocenters. The van der Waals surface area contributed by atoms with E-state index >= 15 is 0 Å². The average Bonchev–Trinajstić information content (AvgIpc) is 3.33. The number of benzene rings is 1. The summed E-state index contributed by atoms with van der Waals surface area (Å²) in [6.07, 6.45) is 6.61. The first kappa shape index (κ1) is 15.1. The Morgan fingerprint density at radius 1 is 1.19 bits per heavy atom. The quantitative estimate of drug-likeness (QED) is 0.835. The molecule has 0 amide bonds. The third-order valence-electron chi connectivity index (χ3n) is 4.31. The molecule has 1 saturated heterocycles. The molecule has 1 aromatic rings. The van der Waals surface area contributed by atoms with Crippen LogP contribution in [0.5, 0.6) is 5.75 Å². The molecule has 0 atom stereocenters. The second-order valence-corrected chi connectivity index (χ2v) is 6.54. The smallest absolute Gasteiger partial charge is 0.142 e. The molecule has 0 bridgehead atoms. The molecule has 3 rings (SSSR count). The molecule has 1 saturated carbocycles. The molecule has 1 aliphatic carbocycles. The van der Waals surface area contributed by atoms with Crippen molar-refractivity contribution in [3.8, 4) is 5.75 Å². The Bertz CT molecular complexity index is 456. The lowest BCUT2D eigenvalue weighted by Gasteiger charge is -2.26. The molecule has 21 heavy (non-hydrogen) atoms. The van der Waals surface area contributed by atoms with Crippen LogP contribution in [-0.2, 0) is 6.54 Å². The third kappa shape index (κ3) is 4.60. The number of nitrogens with one attached hydrogen (secondary N) is 1. The fourth-order valence-electron chi connectivity index (χ4n) is 2.86. The van der Waals surface area contributed by atoms with Crippen molar-refractivity contribution in [1.29, 1.82) is 0 Å². The van der Waals surface area contributed by atoms with Crippen molar-refractivity contribution in [1.82, 2.24) is 10.2 Å². The number of piperidine rings is 1. The van der Waals surface area contributed by atoms with Gasteiger partial charge in [0.25, 0.3) is 0 Å². The van der Waals surface area contributed by atoms with E-state index in [2.05, 4.69) is 16.3 Å². The Morgan fingerprint density at radius 2 is 2.00 bits per heavy atom. The molecule has 3 nitrogen and oxygen atoms in total. The molecular weight excluding hydrogens is 284 g/mol. The summed E-state index contributed by atoms with van der Waals surface area (Å²) in [5, 5.41) is 4.26. The number of halogens is 1. The number of hydrogen-bond acceptors (Lipinski definition) is 3. The summed E-state index contributed by atoms with van der Waals surface area (Å²) in [4.78, 5) is 2.49. The number of para-hydroxylation sites is 1. The number of ether oxygens (including phenoxy) is 1. The van der Waals surface area contributed by atoms with Crippen LogP contribution in [0.2, 0.25) is 5.02 Å². The van der Waals surface area contributed by atoms with E-state index in [0.717, 1.165) is 30.5 Å². The second kappa shape index (κ2) is 7.48. The van der Waals surface area contributed by atoms with Gasteiger partial charge in [-0.05, 0) is 44.8 Å². The zero-order valence-electron chi connectivity index (χ0n) is 12.6. The van der Waals surface area contributed by atoms with Gasteiger partial charge in [0.05, 0.1) is 5.02 Å². The molecule has 2 aliphatic rings. The zero-order valence-corrected chi connectivity index (χ0v) is 13.4. The van der Waals surface area contributed by atoms with Crippen LogP contribution < -0.4 is 10.1 Å². The Labute approximate surface area is 132 Å². The Morgan fingerprint density at radius 3 is 2.76 bits per heavy atom. The second-order valence-electron chi connectivity index (χ2n) is 6.13. The van der Waals surface area contributed by atoms with E-state index in [1.54, 1.807) is 0 Å². The van der Waals surface area contributed by atoms with Crippen LogP contribution in [0.4, 0.5) is 0 Å². The van der Waals surface area contributed by atoms with Crippen LogP contribution >= 0.6 is 11.6 Å². The molecule has 0 aromatic heterocycles. The van der Waals surface area contributed by atoms with Crippen molar-refractivity contribution >= 4 is 11.6 Å². The third-order valence-corrected chi connectivity index (χ3v) is 4.61. The monoisotopic (exact) mass is 308 g/mol. The zero-order chi connectivity index (χ0) is 14.5. The summed E-state index contributed by atoms with van der Waals surface area (Å²) >= 11 is 6.32. The summed E-state index contributed by atoms with van der Waals surface area (Å²) < 4.78 is 6.01. The molecule has 1 aromatic carbocycles. The number of rotatable bonds is 7. The van der Waals surface area contributed by atoms with E-state index in [1.165, 1.54) is 50.8 Å². The molecule has 1 heterocycles. The largest absolute Gasteiger partial charge is 0.490 e. The van der Waals surface area contributed by atoms with Gasteiger partial charge in [-0.2, -0.15) is 0 Å². The minimum atomic E-state index is 0.699. The molecule has 116 valence electrons. The van der Waals surface area contributed by atoms with Crippen LogP contribution in [-0.4, -0.2) is 37.2 Å². The molecule has 0 radical (unpaired) electrons. The summed E-state index contributed by atoms with van der Waals surface area (Å²) in [7, 11) is 0. The number of nitrogens with zero attached hydrogens (tertiary/aromatic N) is 1. The van der Waals surface area contributed by atoms with Crippen LogP contribution in [0.1, 0.15) is 37.7 Å². The Kier molecular flexibility index (Phi) is 5.39. The van der Waals surface area contributed by atoms with Crippen molar-refractivity contribution in [3.05, 3.63) is 28.8 Å². The van der Waals surface area contributed by atoms with E-state index < -0.39 is 0 Å². The Hall–Kier alpha value is -0.770. The predicted octanol–water partition coefficient (Wildman–Crippen LogP) is 3.46. The fraction of sp³-hybridized carbons (Fsp3) is 0.647. The summed E-state index contributed by atoms with van der Waals surface area (Å²) in [5.41, 5.74) is 1.17. The first-order valence-corrected chi connectivity index (χ1v) is 8.56. The maximum absolute atomic E-state index is 6.32. The fourth-order valence-corrected chi connectivity index (χ4v) is 3.10. The van der Waals surface area contributed by atoms with Gasteiger partial charge in [-0.1, -0.05) is 30.2 Å². The topological polar surface area (TPSA) is 24.5 Å². The Balaban J connectivity index is 1.52. The van der Waals surface area contributed by atoms with Crippen LogP contribution in [0, 0.1) is 0 Å². The minimum Gasteiger partial charge on any atom is -0.490 e. The van der Waals surface area contributed by atoms with Gasteiger partial charge in [0.15, 0.2) is 0 Å². The van der Waals surface area contributed by atoms with Crippen molar-refractivity contribution in [2.75, 3.05) is 26.2 Å². The highest BCUT2D eigenvalue weighted by Crippen LogP contribution is 2.29. The minimum absolute atomic E-state index is 0.699. The van der Waals surface area contributed by atoms with Crippen LogP contribution in [0.25, 0.3) is 0 Å². The highest BCUT2D eigenvalue weighted by molar-refractivity contribution is 6.32. The molecule has 4 heteroatoms. The van der Waals surface area contributed by atoms with Gasteiger partial charge in [0, 0.05) is 24.7 Å². The van der Waals surface area contributed by atoms with Gasteiger partial charge in [-0.3, -0.25) is 4.90 Å². The van der Waals surface area contributed by atoms with E-state index in [1.807, 2.05) is 12.1 Å². The first-order valence-electron chi connectivity index (χ1n) is 8.19. The van der Waals surface area contributed by atoms with Gasteiger partial charge in [-0.15, -0.1) is 0 Å². The maximum Gasteiger partial charge on any atom is 0.142 e. The van der Waals surface area contributed by atoms with Crippen LogP contribution in [0.15, 0.2) is 18.2 Å². The van der Waals surface area contributed by atoms with Crippen molar-refractivity contribution < 1.29 is 4.74 Å². The van der Waals surface area contributed by atoms with Crippen LogP contribution in [0.3, 0.4) is 0 Å². The molecule has 1 aliphatic heterocycles. The lowest BCUT2D eigenvalue weighted by Crippen LogP contribution is -2.33. The van der Waals surface area contributed by atoms with Crippen molar-refractivity contribution in [2.45, 2.75) is 44.7 Å². The van der Waals surface area contributed by atoms with E-state index in [0.29, 0.717) is 6.04 Å². The lowest BCUT2D eigenvalue weighted by molar-refractivity contribution is 0.182. The van der Waals surface area contributed by atoms with E-state index in [4.69, 9.17) is 16.3 Å². The van der Waals surface area contributed by atoms with Gasteiger partial charge < -0.3 is 10.1 Å². The predicted molar refractivity (Wildman–Crippen MR) is 87.1 cm³/mol. The van der Waals surface area contributed by atoms with Crippen molar-refractivity contribution in [2.24, 2.45) is 0 Å². The van der Waals surface area contributed by atoms with Gasteiger partial charge in [0.2, 0.25) is 0 Å². The summed E-state index contributed by atoms with van der Waals surface area (Å²) in [6, 6.07) is 6.73. The normalized spacial score (nSPS) is 19.7. The summed E-state index contributed by atoms with van der Waals surface area (Å²) in [5.74, 6) is 0.865. The van der Waals surface area contributed by atoms with E-state index in [-0.39, 0.29) is 0 Å². The highest BCUT2D eigenvalue weighted by atomic mass is 35.5. The molecular formula is C17H25ClN2O. The molecule has 2 fully saturated rings. The van der Waals surface area contributed by atoms with Gasteiger partial charge >= 0.3 is 0 Å². The van der Waals surface area contributed by atoms with Gasteiger partial charge in [0.1, 0.15) is 12.4 Å². The average molecular weight is 309 g/mol. The van der Waals surface area contributed by atoms with Crippen molar-refractivity contribution in [3.63, 3.8) is 0 Å². The number of hydrogen-bond donors (Lipinski definition) is 1.